The Bertz CT molecular complexity index is 924. The number of hydrogen-bond donors (Lipinski definition) is 1. The summed E-state index contributed by atoms with van der Waals surface area (Å²) in [5.74, 6) is -1.67. The lowest BCUT2D eigenvalue weighted by molar-refractivity contribution is -0.151. The van der Waals surface area contributed by atoms with Crippen molar-refractivity contribution >= 4 is 35.1 Å². The van der Waals surface area contributed by atoms with Crippen molar-refractivity contribution in [2.24, 2.45) is 5.92 Å². The highest BCUT2D eigenvalue weighted by Crippen LogP contribution is 2.24. The predicted molar refractivity (Wildman–Crippen MR) is 110 cm³/mol. The highest BCUT2D eigenvalue weighted by Gasteiger charge is 2.35. The van der Waals surface area contributed by atoms with Gasteiger partial charge in [-0.25, -0.2) is 0 Å². The van der Waals surface area contributed by atoms with Crippen molar-refractivity contribution in [1.82, 2.24) is 4.90 Å². The molecule has 152 valence electrons. The van der Waals surface area contributed by atoms with Crippen molar-refractivity contribution in [2.45, 2.75) is 26.8 Å². The molecule has 0 spiro atoms. The molecular weight excluding hydrogens is 392 g/mol. The molecule has 0 aliphatic carbocycles. The van der Waals surface area contributed by atoms with Gasteiger partial charge in [-0.05, 0) is 36.6 Å². The molecule has 29 heavy (non-hydrogen) atoms. The third-order valence-electron chi connectivity index (χ3n) is 4.96. The zero-order valence-corrected chi connectivity index (χ0v) is 17.2. The van der Waals surface area contributed by atoms with Crippen LogP contribution in [0.5, 0.6) is 0 Å². The van der Waals surface area contributed by atoms with Crippen LogP contribution < -0.4 is 5.32 Å². The van der Waals surface area contributed by atoms with Crippen LogP contribution in [0.2, 0.25) is 5.02 Å². The number of benzene rings is 2. The quantitative estimate of drug-likeness (QED) is 0.734. The van der Waals surface area contributed by atoms with Crippen LogP contribution in [0.25, 0.3) is 0 Å². The van der Waals surface area contributed by atoms with E-state index >= 15 is 0 Å². The van der Waals surface area contributed by atoms with Crippen LogP contribution in [0.15, 0.2) is 42.5 Å². The van der Waals surface area contributed by atoms with Crippen LogP contribution >= 0.6 is 11.6 Å². The average Bonchev–Trinajstić information content (AvgIpc) is 3.05. The summed E-state index contributed by atoms with van der Waals surface area (Å²) in [6.45, 7) is 4.00. The van der Waals surface area contributed by atoms with Crippen molar-refractivity contribution in [1.29, 1.82) is 0 Å². The Morgan fingerprint density at radius 2 is 1.83 bits per heavy atom. The first kappa shape index (κ1) is 20.9. The Hall–Kier alpha value is -2.86. The van der Waals surface area contributed by atoms with Crippen molar-refractivity contribution in [2.75, 3.05) is 18.5 Å². The Balaban J connectivity index is 1.51. The summed E-state index contributed by atoms with van der Waals surface area (Å²) >= 11 is 6.15. The van der Waals surface area contributed by atoms with Crippen molar-refractivity contribution in [3.05, 3.63) is 64.2 Å². The number of anilines is 1. The fourth-order valence-electron chi connectivity index (χ4n) is 3.36. The second kappa shape index (κ2) is 9.09. The zero-order valence-electron chi connectivity index (χ0n) is 16.4. The van der Waals surface area contributed by atoms with Gasteiger partial charge in [0.15, 0.2) is 6.61 Å². The summed E-state index contributed by atoms with van der Waals surface area (Å²) in [4.78, 5) is 38.3. The van der Waals surface area contributed by atoms with Gasteiger partial charge in [0.05, 0.1) is 5.92 Å². The number of nitrogens with zero attached hydrogens (tertiary/aromatic N) is 1. The van der Waals surface area contributed by atoms with Gasteiger partial charge in [0, 0.05) is 30.2 Å². The summed E-state index contributed by atoms with van der Waals surface area (Å²) in [5.41, 5.74) is 3.41. The molecule has 7 heteroatoms. The fourth-order valence-corrected chi connectivity index (χ4v) is 3.55. The van der Waals surface area contributed by atoms with Gasteiger partial charge < -0.3 is 15.0 Å². The van der Waals surface area contributed by atoms with Gasteiger partial charge in [0.1, 0.15) is 0 Å². The molecule has 2 aromatic rings. The molecule has 2 aromatic carbocycles. The fraction of sp³-hybridized carbons (Fsp3) is 0.318. The summed E-state index contributed by atoms with van der Waals surface area (Å²) in [5, 5.41) is 3.35. The van der Waals surface area contributed by atoms with Crippen LogP contribution in [0, 0.1) is 19.8 Å². The molecule has 0 unspecified atom stereocenters. The Kier molecular flexibility index (Phi) is 6.54. The molecule has 2 amide bonds. The molecule has 0 bridgehead atoms. The van der Waals surface area contributed by atoms with Crippen LogP contribution in [-0.2, 0) is 25.7 Å². The minimum Gasteiger partial charge on any atom is -0.455 e. The third-order valence-corrected chi connectivity index (χ3v) is 5.33. The van der Waals surface area contributed by atoms with Gasteiger partial charge in [-0.3, -0.25) is 14.4 Å². The third kappa shape index (κ3) is 5.15. The van der Waals surface area contributed by atoms with Crippen LogP contribution in [0.4, 0.5) is 5.69 Å². The van der Waals surface area contributed by atoms with Gasteiger partial charge in [-0.15, -0.1) is 0 Å². The van der Waals surface area contributed by atoms with Crippen LogP contribution in [0.3, 0.4) is 0 Å². The molecule has 1 saturated heterocycles. The SMILES string of the molecule is Cc1cccc(C)c1NC(=O)COC(=O)[C@H]1CC(=O)N(Cc2ccccc2Cl)C1. The van der Waals surface area contributed by atoms with E-state index in [1.54, 1.807) is 11.0 Å². The molecule has 1 fully saturated rings. The Morgan fingerprint density at radius 1 is 1.14 bits per heavy atom. The lowest BCUT2D eigenvalue weighted by atomic mass is 10.1. The number of nitrogens with one attached hydrogen (secondary N) is 1. The minimum absolute atomic E-state index is 0.0712. The normalized spacial score (nSPS) is 16.0. The number of hydrogen-bond acceptors (Lipinski definition) is 4. The zero-order chi connectivity index (χ0) is 21.0. The van der Waals surface area contributed by atoms with E-state index in [4.69, 9.17) is 16.3 Å². The number of ether oxygens (including phenoxy) is 1. The number of esters is 1. The maximum absolute atomic E-state index is 12.3. The standard InChI is InChI=1S/C22H23ClN2O4/c1-14-6-5-7-15(2)21(14)24-19(26)13-29-22(28)17-10-20(27)25(12-17)11-16-8-3-4-9-18(16)23/h3-9,17H,10-13H2,1-2H3,(H,24,26)/t17-/m0/s1. The summed E-state index contributed by atoms with van der Waals surface area (Å²) in [6.07, 6.45) is 0.0712. The van der Waals surface area contributed by atoms with Crippen LogP contribution in [-0.4, -0.2) is 35.8 Å². The molecular formula is C22H23ClN2O4. The monoisotopic (exact) mass is 414 g/mol. The van der Waals surface area contributed by atoms with E-state index in [1.165, 1.54) is 0 Å². The first-order valence-electron chi connectivity index (χ1n) is 9.39. The maximum Gasteiger partial charge on any atom is 0.311 e. The number of carbonyl (C=O) groups is 3. The molecule has 0 saturated carbocycles. The molecule has 1 heterocycles. The van der Waals surface area contributed by atoms with Crippen molar-refractivity contribution in [3.63, 3.8) is 0 Å². The first-order chi connectivity index (χ1) is 13.8. The highest BCUT2D eigenvalue weighted by molar-refractivity contribution is 6.31. The minimum atomic E-state index is -0.585. The maximum atomic E-state index is 12.3. The molecule has 3 rings (SSSR count). The van der Waals surface area contributed by atoms with Gasteiger partial charge in [-0.2, -0.15) is 0 Å². The number of rotatable bonds is 6. The van der Waals surface area contributed by atoms with E-state index < -0.39 is 17.8 Å². The van der Waals surface area contributed by atoms with Crippen LogP contribution in [0.1, 0.15) is 23.1 Å². The largest absolute Gasteiger partial charge is 0.455 e. The molecule has 1 N–H and O–H groups in total. The van der Waals surface area contributed by atoms with Gasteiger partial charge in [0.2, 0.25) is 5.91 Å². The topological polar surface area (TPSA) is 75.7 Å². The number of likely N-dealkylation sites (tertiary alicyclic amines) is 1. The van der Waals surface area contributed by atoms with E-state index in [2.05, 4.69) is 5.32 Å². The lowest BCUT2D eigenvalue weighted by Crippen LogP contribution is -2.28. The highest BCUT2D eigenvalue weighted by atomic mass is 35.5. The average molecular weight is 415 g/mol. The van der Waals surface area contributed by atoms with E-state index in [0.717, 1.165) is 22.4 Å². The molecule has 1 aliphatic heterocycles. The summed E-state index contributed by atoms with van der Waals surface area (Å²) in [7, 11) is 0. The van der Waals surface area contributed by atoms with Gasteiger partial charge in [-0.1, -0.05) is 48.0 Å². The predicted octanol–water partition coefficient (Wildman–Crippen LogP) is 3.49. The number of amides is 2. The van der Waals surface area contributed by atoms with E-state index in [0.29, 0.717) is 11.6 Å². The van der Waals surface area contributed by atoms with E-state index in [-0.39, 0.29) is 25.5 Å². The molecule has 0 radical (unpaired) electrons. The van der Waals surface area contributed by atoms with Gasteiger partial charge >= 0.3 is 5.97 Å². The first-order valence-corrected chi connectivity index (χ1v) is 9.77. The number of aryl methyl sites for hydroxylation is 2. The van der Waals surface area contributed by atoms with Crippen molar-refractivity contribution < 1.29 is 19.1 Å². The molecule has 0 aromatic heterocycles. The molecule has 1 atom stereocenters. The van der Waals surface area contributed by atoms with E-state index in [1.807, 2.05) is 50.2 Å². The number of halogens is 1. The number of carbonyl (C=O) groups excluding carboxylic acids is 3. The van der Waals surface area contributed by atoms with Gasteiger partial charge in [0.25, 0.3) is 5.91 Å². The second-order valence-corrected chi connectivity index (χ2v) is 7.60. The number of para-hydroxylation sites is 1. The molecule has 1 aliphatic rings. The Morgan fingerprint density at radius 3 is 2.52 bits per heavy atom. The summed E-state index contributed by atoms with van der Waals surface area (Å²) < 4.78 is 5.15. The van der Waals surface area contributed by atoms with Crippen molar-refractivity contribution in [3.8, 4) is 0 Å². The summed E-state index contributed by atoms with van der Waals surface area (Å²) in [6, 6.07) is 13.0. The Labute approximate surface area is 174 Å². The van der Waals surface area contributed by atoms with E-state index in [9.17, 15) is 14.4 Å². The lowest BCUT2D eigenvalue weighted by Gasteiger charge is -2.17. The molecule has 6 nitrogen and oxygen atoms in total. The second-order valence-electron chi connectivity index (χ2n) is 7.19. The smallest absolute Gasteiger partial charge is 0.311 e.